The first-order chi connectivity index (χ1) is 14.2. The van der Waals surface area contributed by atoms with Crippen LogP contribution in [-0.2, 0) is 0 Å². The maximum Gasteiger partial charge on any atom is 0.255 e. The van der Waals surface area contributed by atoms with Gasteiger partial charge in [0.2, 0.25) is 5.95 Å². The minimum Gasteiger partial charge on any atom is -0.337 e. The van der Waals surface area contributed by atoms with E-state index in [4.69, 9.17) is 0 Å². The van der Waals surface area contributed by atoms with Gasteiger partial charge in [-0.3, -0.25) is 9.59 Å². The summed E-state index contributed by atoms with van der Waals surface area (Å²) in [6.45, 7) is 2.50. The molecule has 0 bridgehead atoms. The number of nitrogens with zero attached hydrogens (tertiary/aromatic N) is 4. The van der Waals surface area contributed by atoms with Crippen LogP contribution in [0.3, 0.4) is 0 Å². The van der Waals surface area contributed by atoms with Crippen molar-refractivity contribution in [3.63, 3.8) is 0 Å². The smallest absolute Gasteiger partial charge is 0.255 e. The lowest BCUT2D eigenvalue weighted by molar-refractivity contribution is 0.0746. The minimum absolute atomic E-state index is 0.0759. The lowest BCUT2D eigenvalue weighted by atomic mass is 10.1. The summed E-state index contributed by atoms with van der Waals surface area (Å²) < 4.78 is 0. The summed E-state index contributed by atoms with van der Waals surface area (Å²) in [6, 6.07) is 17.9. The molecule has 29 heavy (non-hydrogen) atoms. The molecule has 1 N–H and O–H groups in total. The van der Waals surface area contributed by atoms with E-state index >= 15 is 0 Å². The fourth-order valence-electron chi connectivity index (χ4n) is 3.26. The predicted octanol–water partition coefficient (Wildman–Crippen LogP) is 2.69. The average molecular weight is 387 g/mol. The molecule has 1 aromatic heterocycles. The zero-order chi connectivity index (χ0) is 20.1. The van der Waals surface area contributed by atoms with Crippen LogP contribution >= 0.6 is 0 Å². The van der Waals surface area contributed by atoms with Crippen LogP contribution in [0.15, 0.2) is 73.1 Å². The Morgan fingerprint density at radius 1 is 0.793 bits per heavy atom. The normalized spacial score (nSPS) is 13.8. The van der Waals surface area contributed by atoms with Gasteiger partial charge >= 0.3 is 0 Å². The Morgan fingerprint density at radius 3 is 2.21 bits per heavy atom. The van der Waals surface area contributed by atoms with Crippen molar-refractivity contribution in [3.8, 4) is 0 Å². The Balaban J connectivity index is 1.40. The van der Waals surface area contributed by atoms with Gasteiger partial charge in [-0.1, -0.05) is 24.3 Å². The van der Waals surface area contributed by atoms with Crippen LogP contribution in [0, 0.1) is 0 Å². The van der Waals surface area contributed by atoms with Crippen LogP contribution in [0.25, 0.3) is 0 Å². The fraction of sp³-hybridized carbons (Fsp3) is 0.182. The molecule has 4 rings (SSSR count). The molecule has 146 valence electrons. The molecule has 0 aliphatic carbocycles. The average Bonchev–Trinajstić information content (AvgIpc) is 2.80. The van der Waals surface area contributed by atoms with Crippen LogP contribution in [0.5, 0.6) is 0 Å². The Labute approximate surface area is 169 Å². The van der Waals surface area contributed by atoms with Gasteiger partial charge < -0.3 is 15.1 Å². The van der Waals surface area contributed by atoms with E-state index in [0.29, 0.717) is 48.9 Å². The molecule has 3 aromatic rings. The highest BCUT2D eigenvalue weighted by Crippen LogP contribution is 2.15. The molecule has 7 nitrogen and oxygen atoms in total. The van der Waals surface area contributed by atoms with Gasteiger partial charge in [-0.05, 0) is 36.4 Å². The molecular formula is C22H21N5O2. The number of nitrogens with one attached hydrogen (secondary N) is 1. The van der Waals surface area contributed by atoms with Crippen molar-refractivity contribution in [2.24, 2.45) is 0 Å². The molecular weight excluding hydrogens is 366 g/mol. The minimum atomic E-state index is -0.239. The van der Waals surface area contributed by atoms with Crippen molar-refractivity contribution in [2.75, 3.05) is 36.4 Å². The fourth-order valence-corrected chi connectivity index (χ4v) is 3.26. The monoisotopic (exact) mass is 387 g/mol. The van der Waals surface area contributed by atoms with Gasteiger partial charge in [-0.2, -0.15) is 0 Å². The van der Waals surface area contributed by atoms with E-state index in [2.05, 4.69) is 20.2 Å². The predicted molar refractivity (Wildman–Crippen MR) is 111 cm³/mol. The third-order valence-corrected chi connectivity index (χ3v) is 4.81. The SMILES string of the molecule is O=C(Nc1ccccc1)c1cccc(C(=O)N2CCN(c3ncccn3)CC2)c1. The van der Waals surface area contributed by atoms with Gasteiger partial charge in [0.1, 0.15) is 0 Å². The third kappa shape index (κ3) is 4.40. The zero-order valence-corrected chi connectivity index (χ0v) is 15.9. The summed E-state index contributed by atoms with van der Waals surface area (Å²) in [6.07, 6.45) is 3.43. The van der Waals surface area contributed by atoms with Gasteiger partial charge in [0, 0.05) is 55.4 Å². The first-order valence-corrected chi connectivity index (χ1v) is 9.48. The number of benzene rings is 2. The summed E-state index contributed by atoms with van der Waals surface area (Å²) in [5, 5.41) is 2.84. The molecule has 1 aliphatic rings. The van der Waals surface area contributed by atoms with E-state index in [9.17, 15) is 9.59 Å². The summed E-state index contributed by atoms with van der Waals surface area (Å²) in [5.74, 6) is 0.365. The number of carbonyl (C=O) groups excluding carboxylic acids is 2. The maximum absolute atomic E-state index is 12.9. The van der Waals surface area contributed by atoms with Gasteiger partial charge in [0.05, 0.1) is 0 Å². The number of para-hydroxylation sites is 1. The van der Waals surface area contributed by atoms with E-state index < -0.39 is 0 Å². The Kier molecular flexibility index (Phi) is 5.47. The lowest BCUT2D eigenvalue weighted by Crippen LogP contribution is -2.49. The number of piperazine rings is 1. The Bertz CT molecular complexity index is 986. The molecule has 2 heterocycles. The van der Waals surface area contributed by atoms with Crippen molar-refractivity contribution in [1.82, 2.24) is 14.9 Å². The van der Waals surface area contributed by atoms with Crippen LogP contribution in [0.2, 0.25) is 0 Å². The van der Waals surface area contributed by atoms with Crippen LogP contribution in [0.1, 0.15) is 20.7 Å². The van der Waals surface area contributed by atoms with Gasteiger partial charge in [-0.15, -0.1) is 0 Å². The number of rotatable bonds is 4. The number of aromatic nitrogens is 2. The van der Waals surface area contributed by atoms with Crippen molar-refractivity contribution in [2.45, 2.75) is 0 Å². The largest absolute Gasteiger partial charge is 0.337 e. The standard InChI is InChI=1S/C22H21N5O2/c28-20(25-19-8-2-1-3-9-19)17-6-4-7-18(16-17)21(29)26-12-14-27(15-13-26)22-23-10-5-11-24-22/h1-11,16H,12-15H2,(H,25,28). The zero-order valence-electron chi connectivity index (χ0n) is 15.9. The number of hydrogen-bond donors (Lipinski definition) is 1. The Morgan fingerprint density at radius 2 is 1.48 bits per heavy atom. The number of carbonyl (C=O) groups is 2. The van der Waals surface area contributed by atoms with Gasteiger partial charge in [0.25, 0.3) is 11.8 Å². The first kappa shape index (κ1) is 18.6. The quantitative estimate of drug-likeness (QED) is 0.745. The first-order valence-electron chi connectivity index (χ1n) is 9.48. The molecule has 7 heteroatoms. The highest BCUT2D eigenvalue weighted by atomic mass is 16.2. The van der Waals surface area contributed by atoms with E-state index in [1.54, 1.807) is 47.6 Å². The highest BCUT2D eigenvalue weighted by Gasteiger charge is 2.23. The second kappa shape index (κ2) is 8.52. The maximum atomic E-state index is 12.9. The number of amides is 2. The molecule has 0 atom stereocenters. The molecule has 0 radical (unpaired) electrons. The van der Waals surface area contributed by atoms with Crippen molar-refractivity contribution in [1.29, 1.82) is 0 Å². The molecule has 0 unspecified atom stereocenters. The Hall–Kier alpha value is -3.74. The van der Waals surface area contributed by atoms with Crippen molar-refractivity contribution < 1.29 is 9.59 Å². The topological polar surface area (TPSA) is 78.4 Å². The van der Waals surface area contributed by atoms with E-state index in [1.165, 1.54) is 0 Å². The molecule has 2 amide bonds. The summed E-state index contributed by atoms with van der Waals surface area (Å²) in [5.41, 5.74) is 1.68. The number of anilines is 2. The number of hydrogen-bond acceptors (Lipinski definition) is 5. The van der Waals surface area contributed by atoms with Crippen LogP contribution in [0.4, 0.5) is 11.6 Å². The van der Waals surface area contributed by atoms with Crippen molar-refractivity contribution >= 4 is 23.5 Å². The second-order valence-corrected chi connectivity index (χ2v) is 6.73. The molecule has 1 saturated heterocycles. The molecule has 0 spiro atoms. The molecule has 1 fully saturated rings. The molecule has 2 aromatic carbocycles. The second-order valence-electron chi connectivity index (χ2n) is 6.73. The summed E-state index contributed by atoms with van der Waals surface area (Å²) >= 11 is 0. The third-order valence-electron chi connectivity index (χ3n) is 4.81. The molecule has 1 aliphatic heterocycles. The van der Waals surface area contributed by atoms with Gasteiger partial charge in [0.15, 0.2) is 0 Å². The lowest BCUT2D eigenvalue weighted by Gasteiger charge is -2.34. The van der Waals surface area contributed by atoms with E-state index in [-0.39, 0.29) is 11.8 Å². The summed E-state index contributed by atoms with van der Waals surface area (Å²) in [4.78, 5) is 37.8. The van der Waals surface area contributed by atoms with Gasteiger partial charge in [-0.25, -0.2) is 9.97 Å². The van der Waals surface area contributed by atoms with E-state index in [1.807, 2.05) is 30.3 Å². The highest BCUT2D eigenvalue weighted by molar-refractivity contribution is 6.06. The molecule has 0 saturated carbocycles. The van der Waals surface area contributed by atoms with Crippen molar-refractivity contribution in [3.05, 3.63) is 84.2 Å². The van der Waals surface area contributed by atoms with Crippen LogP contribution < -0.4 is 10.2 Å². The summed E-state index contributed by atoms with van der Waals surface area (Å²) in [7, 11) is 0. The van der Waals surface area contributed by atoms with Crippen LogP contribution in [-0.4, -0.2) is 52.9 Å². The van der Waals surface area contributed by atoms with E-state index in [0.717, 1.165) is 0 Å².